The van der Waals surface area contributed by atoms with Gasteiger partial charge in [0, 0.05) is 12.6 Å². The number of hydrogen-bond acceptors (Lipinski definition) is 4. The molecule has 0 amide bonds. The van der Waals surface area contributed by atoms with Crippen molar-refractivity contribution in [2.24, 2.45) is 5.10 Å². The van der Waals surface area contributed by atoms with E-state index in [-0.39, 0.29) is 0 Å². The van der Waals surface area contributed by atoms with Crippen LogP contribution >= 0.6 is 0 Å². The molecule has 2 atom stereocenters. The molecule has 0 fully saturated rings. The van der Waals surface area contributed by atoms with E-state index < -0.39 is 18.1 Å². The van der Waals surface area contributed by atoms with Crippen molar-refractivity contribution in [2.75, 3.05) is 0 Å². The molecular weight excluding hydrogens is 136 g/mol. The molecule has 0 aromatic carbocycles. The van der Waals surface area contributed by atoms with E-state index >= 15 is 0 Å². The highest BCUT2D eigenvalue weighted by molar-refractivity contribution is 5.76. The van der Waals surface area contributed by atoms with Gasteiger partial charge in [-0.25, -0.2) is 4.79 Å². The van der Waals surface area contributed by atoms with Crippen molar-refractivity contribution >= 4 is 12.2 Å². The summed E-state index contributed by atoms with van der Waals surface area (Å²) in [6.07, 6.45) is 0.878. The SMILES string of the molecule is O=C(O)[C@H]1NN=CC[C@@H]1O. The number of carbonyl (C=O) groups is 1. The van der Waals surface area contributed by atoms with Gasteiger partial charge in [-0.15, -0.1) is 0 Å². The van der Waals surface area contributed by atoms with Crippen LogP contribution in [-0.2, 0) is 4.79 Å². The minimum absolute atomic E-state index is 0.296. The van der Waals surface area contributed by atoms with Crippen molar-refractivity contribution in [3.63, 3.8) is 0 Å². The Kier molecular flexibility index (Phi) is 1.86. The van der Waals surface area contributed by atoms with Gasteiger partial charge in [0.05, 0.1) is 6.10 Å². The van der Waals surface area contributed by atoms with Crippen molar-refractivity contribution in [3.8, 4) is 0 Å². The maximum absolute atomic E-state index is 10.3. The van der Waals surface area contributed by atoms with Crippen LogP contribution in [0, 0.1) is 0 Å². The Labute approximate surface area is 57.4 Å². The maximum atomic E-state index is 10.3. The zero-order valence-electron chi connectivity index (χ0n) is 5.19. The summed E-state index contributed by atoms with van der Waals surface area (Å²) in [4.78, 5) is 10.3. The second-order valence-electron chi connectivity index (χ2n) is 2.06. The van der Waals surface area contributed by atoms with Crippen LogP contribution < -0.4 is 5.43 Å². The van der Waals surface area contributed by atoms with Crippen molar-refractivity contribution in [3.05, 3.63) is 0 Å². The van der Waals surface area contributed by atoms with Gasteiger partial charge in [-0.05, 0) is 0 Å². The van der Waals surface area contributed by atoms with E-state index in [1.54, 1.807) is 0 Å². The van der Waals surface area contributed by atoms with Crippen LogP contribution in [0.2, 0.25) is 0 Å². The Morgan fingerprint density at radius 2 is 2.50 bits per heavy atom. The summed E-state index contributed by atoms with van der Waals surface area (Å²) in [5.74, 6) is -1.08. The molecular formula is C5H8N2O3. The summed E-state index contributed by atoms with van der Waals surface area (Å²) in [5.41, 5.74) is 2.29. The molecule has 5 nitrogen and oxygen atoms in total. The van der Waals surface area contributed by atoms with Gasteiger partial charge in [0.25, 0.3) is 0 Å². The van der Waals surface area contributed by atoms with E-state index in [4.69, 9.17) is 10.2 Å². The monoisotopic (exact) mass is 144 g/mol. The first-order chi connectivity index (χ1) is 4.72. The van der Waals surface area contributed by atoms with Crippen LogP contribution in [0.25, 0.3) is 0 Å². The summed E-state index contributed by atoms with van der Waals surface area (Å²) in [6, 6.07) is -0.954. The predicted molar refractivity (Wildman–Crippen MR) is 33.7 cm³/mol. The van der Waals surface area contributed by atoms with Crippen molar-refractivity contribution in [1.29, 1.82) is 0 Å². The molecule has 5 heteroatoms. The lowest BCUT2D eigenvalue weighted by molar-refractivity contribution is -0.142. The van der Waals surface area contributed by atoms with Gasteiger partial charge in [-0.2, -0.15) is 5.10 Å². The Hall–Kier alpha value is -1.10. The third-order valence-corrected chi connectivity index (χ3v) is 1.30. The first-order valence-electron chi connectivity index (χ1n) is 2.89. The van der Waals surface area contributed by atoms with Crippen molar-refractivity contribution < 1.29 is 15.0 Å². The quantitative estimate of drug-likeness (QED) is 0.431. The summed E-state index contributed by atoms with van der Waals surface area (Å²) < 4.78 is 0. The summed E-state index contributed by atoms with van der Waals surface area (Å²) >= 11 is 0. The maximum Gasteiger partial charge on any atom is 0.330 e. The van der Waals surface area contributed by atoms with E-state index in [0.29, 0.717) is 6.42 Å². The first kappa shape index (κ1) is 7.01. The molecule has 0 aliphatic carbocycles. The molecule has 0 radical (unpaired) electrons. The van der Waals surface area contributed by atoms with E-state index in [9.17, 15) is 4.79 Å². The third kappa shape index (κ3) is 1.24. The second kappa shape index (κ2) is 2.66. The summed E-state index contributed by atoms with van der Waals surface area (Å²) in [5, 5.41) is 20.9. The van der Waals surface area contributed by atoms with Crippen LogP contribution in [0.1, 0.15) is 6.42 Å². The molecule has 0 saturated carbocycles. The number of hydrazone groups is 1. The van der Waals surface area contributed by atoms with Gasteiger partial charge >= 0.3 is 5.97 Å². The number of hydrogen-bond donors (Lipinski definition) is 3. The number of nitrogens with one attached hydrogen (secondary N) is 1. The number of nitrogens with zero attached hydrogens (tertiary/aromatic N) is 1. The molecule has 10 heavy (non-hydrogen) atoms. The normalized spacial score (nSPS) is 31.3. The molecule has 1 rings (SSSR count). The molecule has 0 bridgehead atoms. The number of aliphatic hydroxyl groups excluding tert-OH is 1. The molecule has 1 aliphatic heterocycles. The van der Waals surface area contributed by atoms with Gasteiger partial charge in [0.2, 0.25) is 0 Å². The lowest BCUT2D eigenvalue weighted by Gasteiger charge is -2.20. The number of carboxylic acids is 1. The number of rotatable bonds is 1. The molecule has 3 N–H and O–H groups in total. The van der Waals surface area contributed by atoms with Crippen LogP contribution in [0.4, 0.5) is 0 Å². The molecule has 0 aromatic rings. The zero-order valence-corrected chi connectivity index (χ0v) is 5.19. The highest BCUT2D eigenvalue weighted by Gasteiger charge is 2.27. The van der Waals surface area contributed by atoms with Crippen LogP contribution in [0.5, 0.6) is 0 Å². The second-order valence-corrected chi connectivity index (χ2v) is 2.06. The minimum atomic E-state index is -1.08. The fraction of sp³-hybridized carbons (Fsp3) is 0.600. The number of aliphatic hydroxyl groups is 1. The predicted octanol–water partition coefficient (Wildman–Crippen LogP) is -1.22. The highest BCUT2D eigenvalue weighted by atomic mass is 16.4. The van der Waals surface area contributed by atoms with Gasteiger partial charge in [0.1, 0.15) is 0 Å². The molecule has 0 spiro atoms. The highest BCUT2D eigenvalue weighted by Crippen LogP contribution is 2.01. The Balaban J connectivity index is 2.59. The topological polar surface area (TPSA) is 81.9 Å². The molecule has 0 saturated heterocycles. The van der Waals surface area contributed by atoms with E-state index in [2.05, 4.69) is 10.5 Å². The standard InChI is InChI=1S/C5H8N2O3/c8-3-1-2-6-7-4(3)5(9)10/h2-4,7-8H,1H2,(H,9,10)/t3-,4-/m0/s1. The summed E-state index contributed by atoms with van der Waals surface area (Å²) in [6.45, 7) is 0. The third-order valence-electron chi connectivity index (χ3n) is 1.30. The van der Waals surface area contributed by atoms with E-state index in [1.165, 1.54) is 6.21 Å². The zero-order chi connectivity index (χ0) is 7.56. The summed E-state index contributed by atoms with van der Waals surface area (Å²) in [7, 11) is 0. The van der Waals surface area contributed by atoms with Gasteiger partial charge in [-0.3, -0.25) is 5.43 Å². The van der Waals surface area contributed by atoms with E-state index in [1.807, 2.05) is 0 Å². The van der Waals surface area contributed by atoms with Crippen molar-refractivity contribution in [1.82, 2.24) is 5.43 Å². The van der Waals surface area contributed by atoms with Gasteiger partial charge in [0.15, 0.2) is 6.04 Å². The van der Waals surface area contributed by atoms with Crippen LogP contribution in [-0.4, -0.2) is 34.5 Å². The smallest absolute Gasteiger partial charge is 0.330 e. The largest absolute Gasteiger partial charge is 0.480 e. The number of aliphatic carboxylic acids is 1. The minimum Gasteiger partial charge on any atom is -0.480 e. The average molecular weight is 144 g/mol. The molecule has 0 aromatic heterocycles. The van der Waals surface area contributed by atoms with Crippen LogP contribution in [0.3, 0.4) is 0 Å². The molecule has 56 valence electrons. The fourth-order valence-corrected chi connectivity index (χ4v) is 0.736. The van der Waals surface area contributed by atoms with Gasteiger partial charge < -0.3 is 10.2 Å². The lowest BCUT2D eigenvalue weighted by Crippen LogP contribution is -2.46. The van der Waals surface area contributed by atoms with Crippen LogP contribution in [0.15, 0.2) is 5.10 Å². The Morgan fingerprint density at radius 1 is 1.80 bits per heavy atom. The van der Waals surface area contributed by atoms with Crippen molar-refractivity contribution in [2.45, 2.75) is 18.6 Å². The van der Waals surface area contributed by atoms with E-state index in [0.717, 1.165) is 0 Å². The average Bonchev–Trinajstić information content (AvgIpc) is 1.88. The molecule has 0 unspecified atom stereocenters. The lowest BCUT2D eigenvalue weighted by atomic mass is 10.1. The molecule has 1 heterocycles. The Bertz CT molecular complexity index is 168. The number of carboxylic acid groups (broad SMARTS) is 1. The Morgan fingerprint density at radius 3 is 2.90 bits per heavy atom. The molecule has 1 aliphatic rings. The van der Waals surface area contributed by atoms with Gasteiger partial charge in [-0.1, -0.05) is 0 Å². The fourth-order valence-electron chi connectivity index (χ4n) is 0.736. The first-order valence-corrected chi connectivity index (χ1v) is 2.89.